The number of carbonyl (C=O) groups excluding carboxylic acids is 1. The second-order valence-electron chi connectivity index (χ2n) is 7.19. The number of benzene rings is 2. The minimum atomic E-state index is -0.393. The van der Waals surface area contributed by atoms with Crippen molar-refractivity contribution < 1.29 is 9.53 Å². The van der Waals surface area contributed by atoms with Gasteiger partial charge in [-0.05, 0) is 65.9 Å². The minimum absolute atomic E-state index is 0.0958. The highest BCUT2D eigenvalue weighted by atomic mass is 32.2. The van der Waals surface area contributed by atoms with Crippen molar-refractivity contribution >= 4 is 23.4 Å². The zero-order valence-electron chi connectivity index (χ0n) is 17.9. The van der Waals surface area contributed by atoms with E-state index >= 15 is 0 Å². The molecule has 158 valence electrons. The van der Waals surface area contributed by atoms with Crippen LogP contribution in [-0.4, -0.2) is 38.5 Å². The first-order valence-corrected chi connectivity index (χ1v) is 10.8. The summed E-state index contributed by atoms with van der Waals surface area (Å²) in [5.41, 5.74) is 3.79. The highest BCUT2D eigenvalue weighted by Crippen LogP contribution is 2.30. The third-order valence-electron chi connectivity index (χ3n) is 5.02. The standard InChI is InChI=1S/C22H27N5O2S/c1-6-15(3)17-9-7-8-10-18(17)23-21(28)16(4)30-22-24-25-26-27(22)19-13-14(2)11-12-20(19)29-5/h7-13,15-16H,6H2,1-5H3,(H,23,28)/t15-,16-/m0/s1. The van der Waals surface area contributed by atoms with E-state index in [0.717, 1.165) is 28.9 Å². The largest absolute Gasteiger partial charge is 0.494 e. The molecular weight excluding hydrogens is 398 g/mol. The summed E-state index contributed by atoms with van der Waals surface area (Å²) in [5.74, 6) is 0.932. The summed E-state index contributed by atoms with van der Waals surface area (Å²) in [7, 11) is 1.61. The first-order valence-electron chi connectivity index (χ1n) is 9.94. The number of ether oxygens (including phenoxy) is 1. The number of nitrogens with zero attached hydrogens (tertiary/aromatic N) is 4. The number of anilines is 1. The number of para-hydroxylation sites is 1. The van der Waals surface area contributed by atoms with Crippen LogP contribution < -0.4 is 10.1 Å². The van der Waals surface area contributed by atoms with Crippen molar-refractivity contribution in [1.82, 2.24) is 20.2 Å². The molecule has 1 heterocycles. The van der Waals surface area contributed by atoms with Crippen LogP contribution in [0.1, 0.15) is 44.2 Å². The van der Waals surface area contributed by atoms with E-state index < -0.39 is 5.25 Å². The number of rotatable bonds is 8. The number of amides is 1. The van der Waals surface area contributed by atoms with Crippen LogP contribution >= 0.6 is 11.8 Å². The molecule has 2 atom stereocenters. The molecule has 8 heteroatoms. The zero-order chi connectivity index (χ0) is 21.7. The highest BCUT2D eigenvalue weighted by molar-refractivity contribution is 8.00. The van der Waals surface area contributed by atoms with Crippen molar-refractivity contribution in [2.24, 2.45) is 0 Å². The Hall–Kier alpha value is -2.87. The zero-order valence-corrected chi connectivity index (χ0v) is 18.7. The molecule has 0 aliphatic rings. The second kappa shape index (κ2) is 9.75. The third-order valence-corrected chi connectivity index (χ3v) is 6.05. The van der Waals surface area contributed by atoms with Gasteiger partial charge in [0, 0.05) is 5.69 Å². The number of aromatic nitrogens is 4. The van der Waals surface area contributed by atoms with Crippen LogP contribution in [0, 0.1) is 6.92 Å². The number of hydrogen-bond donors (Lipinski definition) is 1. The second-order valence-corrected chi connectivity index (χ2v) is 8.50. The smallest absolute Gasteiger partial charge is 0.237 e. The fraction of sp³-hybridized carbons (Fsp3) is 0.364. The molecule has 0 fully saturated rings. The number of aryl methyl sites for hydroxylation is 1. The Morgan fingerprint density at radius 3 is 2.73 bits per heavy atom. The van der Waals surface area contributed by atoms with Crippen LogP contribution in [0.2, 0.25) is 0 Å². The molecule has 0 unspecified atom stereocenters. The molecule has 0 saturated carbocycles. The fourth-order valence-corrected chi connectivity index (χ4v) is 3.88. The van der Waals surface area contributed by atoms with Gasteiger partial charge in [-0.1, -0.05) is 49.9 Å². The Bertz CT molecular complexity index is 1020. The predicted molar refractivity (Wildman–Crippen MR) is 120 cm³/mol. The van der Waals surface area contributed by atoms with Crippen LogP contribution in [0.4, 0.5) is 5.69 Å². The van der Waals surface area contributed by atoms with Gasteiger partial charge in [0.25, 0.3) is 0 Å². The van der Waals surface area contributed by atoms with Crippen LogP contribution in [0.25, 0.3) is 5.69 Å². The molecular formula is C22H27N5O2S. The van der Waals surface area contributed by atoms with E-state index in [1.54, 1.807) is 11.8 Å². The lowest BCUT2D eigenvalue weighted by molar-refractivity contribution is -0.115. The van der Waals surface area contributed by atoms with Crippen molar-refractivity contribution in [3.8, 4) is 11.4 Å². The molecule has 2 aromatic carbocycles. The quantitative estimate of drug-likeness (QED) is 0.531. The number of thioether (sulfide) groups is 1. The van der Waals surface area contributed by atoms with Gasteiger partial charge in [0.1, 0.15) is 11.4 Å². The minimum Gasteiger partial charge on any atom is -0.494 e. The molecule has 3 aromatic rings. The van der Waals surface area contributed by atoms with E-state index in [2.05, 4.69) is 40.8 Å². The molecule has 3 rings (SSSR count). The average molecular weight is 426 g/mol. The van der Waals surface area contributed by atoms with Gasteiger partial charge in [-0.2, -0.15) is 4.68 Å². The van der Waals surface area contributed by atoms with Crippen molar-refractivity contribution in [2.45, 2.75) is 50.4 Å². The maximum atomic E-state index is 12.9. The van der Waals surface area contributed by atoms with Gasteiger partial charge in [0.15, 0.2) is 0 Å². The van der Waals surface area contributed by atoms with Crippen molar-refractivity contribution in [3.63, 3.8) is 0 Å². The molecule has 0 bridgehead atoms. The van der Waals surface area contributed by atoms with Gasteiger partial charge in [-0.25, -0.2) is 0 Å². The topological polar surface area (TPSA) is 81.9 Å². The maximum absolute atomic E-state index is 12.9. The lowest BCUT2D eigenvalue weighted by Gasteiger charge is -2.17. The van der Waals surface area contributed by atoms with Gasteiger partial charge in [0.05, 0.1) is 12.4 Å². The number of tetrazole rings is 1. The Balaban J connectivity index is 1.79. The van der Waals surface area contributed by atoms with Crippen LogP contribution in [-0.2, 0) is 4.79 Å². The van der Waals surface area contributed by atoms with Gasteiger partial charge in [-0.15, -0.1) is 5.10 Å². The normalized spacial score (nSPS) is 13.0. The lowest BCUT2D eigenvalue weighted by atomic mass is 9.97. The summed E-state index contributed by atoms with van der Waals surface area (Å²) in [6.07, 6.45) is 1.00. The number of methoxy groups -OCH3 is 1. The van der Waals surface area contributed by atoms with Crippen LogP contribution in [0.3, 0.4) is 0 Å². The molecule has 0 saturated heterocycles. The monoisotopic (exact) mass is 425 g/mol. The van der Waals surface area contributed by atoms with E-state index in [4.69, 9.17) is 4.74 Å². The summed E-state index contributed by atoms with van der Waals surface area (Å²) >= 11 is 1.30. The van der Waals surface area contributed by atoms with Crippen molar-refractivity contribution in [3.05, 3.63) is 53.6 Å². The van der Waals surface area contributed by atoms with Gasteiger partial charge < -0.3 is 10.1 Å². The summed E-state index contributed by atoms with van der Waals surface area (Å²) in [5, 5.41) is 15.2. The van der Waals surface area contributed by atoms with Crippen LogP contribution in [0.15, 0.2) is 47.6 Å². The third kappa shape index (κ3) is 4.81. The Morgan fingerprint density at radius 1 is 1.23 bits per heavy atom. The SMILES string of the molecule is CC[C@H](C)c1ccccc1NC(=O)[C@H](C)Sc1nnnn1-c1cc(C)ccc1OC. The van der Waals surface area contributed by atoms with E-state index in [-0.39, 0.29) is 5.91 Å². The summed E-state index contributed by atoms with van der Waals surface area (Å²) < 4.78 is 7.06. The van der Waals surface area contributed by atoms with E-state index in [1.165, 1.54) is 11.8 Å². The first kappa shape index (κ1) is 21.8. The molecule has 1 aromatic heterocycles. The number of carbonyl (C=O) groups is 1. The molecule has 1 amide bonds. The van der Waals surface area contributed by atoms with Gasteiger partial charge >= 0.3 is 0 Å². The molecule has 0 spiro atoms. The van der Waals surface area contributed by atoms with Gasteiger partial charge in [0.2, 0.25) is 11.1 Å². The van der Waals surface area contributed by atoms with Crippen molar-refractivity contribution in [1.29, 1.82) is 0 Å². The van der Waals surface area contributed by atoms with E-state index in [0.29, 0.717) is 16.8 Å². The summed E-state index contributed by atoms with van der Waals surface area (Å²) in [4.78, 5) is 12.9. The molecule has 30 heavy (non-hydrogen) atoms. The highest BCUT2D eigenvalue weighted by Gasteiger charge is 2.22. The fourth-order valence-electron chi connectivity index (χ4n) is 3.08. The molecule has 0 aliphatic heterocycles. The Labute approximate surface area is 181 Å². The number of hydrogen-bond acceptors (Lipinski definition) is 6. The van der Waals surface area contributed by atoms with Crippen LogP contribution in [0.5, 0.6) is 5.75 Å². The van der Waals surface area contributed by atoms with Crippen molar-refractivity contribution in [2.75, 3.05) is 12.4 Å². The Kier molecular flexibility index (Phi) is 7.10. The summed E-state index contributed by atoms with van der Waals surface area (Å²) in [6.45, 7) is 8.14. The molecule has 1 N–H and O–H groups in total. The predicted octanol–water partition coefficient (Wildman–Crippen LogP) is 4.61. The van der Waals surface area contributed by atoms with E-state index in [1.807, 2.05) is 50.2 Å². The molecule has 0 radical (unpaired) electrons. The maximum Gasteiger partial charge on any atom is 0.237 e. The number of nitrogens with one attached hydrogen (secondary N) is 1. The first-order chi connectivity index (χ1) is 14.4. The molecule has 0 aliphatic carbocycles. The summed E-state index contributed by atoms with van der Waals surface area (Å²) in [6, 6.07) is 13.7. The van der Waals surface area contributed by atoms with Gasteiger partial charge in [-0.3, -0.25) is 4.79 Å². The molecule has 7 nitrogen and oxygen atoms in total. The Morgan fingerprint density at radius 2 is 2.00 bits per heavy atom. The van der Waals surface area contributed by atoms with E-state index in [9.17, 15) is 4.79 Å². The lowest BCUT2D eigenvalue weighted by Crippen LogP contribution is -2.23. The average Bonchev–Trinajstić information content (AvgIpc) is 3.21.